The lowest BCUT2D eigenvalue weighted by atomic mass is 10.1. The number of nitrogens with one attached hydrogen (secondary N) is 2. The standard InChI is InChI=1S/C44H50N10O8S2/c1-5-25-53(26-6-2)43-51-41(45-35-17-13-10-14-18-35)50-42(52-43)46-36-24-23-34(38(30-36)64(58,59)60)22-21-33-20-19-32(27-37(33)63(55,56)57)29-40-47-39(28-31-15-11-9-12-16-31)48-44(49-40)54(61-7-3)62-8-4/h9-24,27,30H,5-8,25-26,28-29H2,1-4H3,(H,55,56,57)(H,58,59,60)(H2,45,46,50,51,52)/p-2/b22-21+. The summed E-state index contributed by atoms with van der Waals surface area (Å²) in [6.07, 6.45) is 4.51. The molecule has 0 radical (unpaired) electrons. The van der Waals surface area contributed by atoms with Crippen LogP contribution >= 0.6 is 0 Å². The maximum absolute atomic E-state index is 12.7. The van der Waals surface area contributed by atoms with Crippen molar-refractivity contribution in [1.82, 2.24) is 29.9 Å². The van der Waals surface area contributed by atoms with Crippen LogP contribution in [0.4, 0.5) is 35.2 Å². The maximum Gasteiger partial charge on any atom is 0.281 e. The van der Waals surface area contributed by atoms with E-state index in [2.05, 4.69) is 40.5 Å². The fourth-order valence-corrected chi connectivity index (χ4v) is 7.90. The molecule has 6 rings (SSSR count). The normalized spacial score (nSPS) is 11.8. The Morgan fingerprint density at radius 1 is 0.562 bits per heavy atom. The topological polar surface area (TPSA) is 241 Å². The van der Waals surface area contributed by atoms with Crippen LogP contribution in [0.15, 0.2) is 107 Å². The van der Waals surface area contributed by atoms with Gasteiger partial charge in [0.2, 0.25) is 17.8 Å². The lowest BCUT2D eigenvalue weighted by Crippen LogP contribution is -2.27. The molecule has 6 aromatic rings. The van der Waals surface area contributed by atoms with Gasteiger partial charge in [-0.05, 0) is 79.3 Å². The van der Waals surface area contributed by atoms with Gasteiger partial charge in [-0.25, -0.2) is 31.5 Å². The first-order valence-electron chi connectivity index (χ1n) is 20.6. The van der Waals surface area contributed by atoms with E-state index >= 15 is 0 Å². The molecule has 0 amide bonds. The average molecular weight is 909 g/mol. The predicted molar refractivity (Wildman–Crippen MR) is 241 cm³/mol. The summed E-state index contributed by atoms with van der Waals surface area (Å²) in [7, 11) is -10.2. The van der Waals surface area contributed by atoms with Crippen molar-refractivity contribution >= 4 is 67.6 Å². The minimum atomic E-state index is -5.09. The molecule has 20 heteroatoms. The van der Waals surface area contributed by atoms with Crippen LogP contribution in [0.5, 0.6) is 0 Å². The smallest absolute Gasteiger partial charge is 0.281 e. The number of nitrogens with zero attached hydrogens (tertiary/aromatic N) is 8. The lowest BCUT2D eigenvalue weighted by Gasteiger charge is -2.22. The Labute approximate surface area is 372 Å². The number of rotatable bonds is 22. The van der Waals surface area contributed by atoms with Crippen LogP contribution in [0.2, 0.25) is 0 Å². The second kappa shape index (κ2) is 21.8. The Bertz CT molecular complexity index is 2570. The number of anilines is 6. The van der Waals surface area contributed by atoms with E-state index in [0.717, 1.165) is 35.4 Å². The largest absolute Gasteiger partial charge is 0.744 e. The van der Waals surface area contributed by atoms with Gasteiger partial charge < -0.3 is 24.6 Å². The minimum Gasteiger partial charge on any atom is -0.744 e. The third-order valence-corrected chi connectivity index (χ3v) is 11.0. The molecular formula is C44H48N10O8S2-2. The third-order valence-electron chi connectivity index (χ3n) is 9.19. The SMILES string of the molecule is CCCN(CCC)c1nc(Nc2ccccc2)nc(Nc2ccc(/C=C/c3ccc(Cc4nc(Cc5ccccc5)nc(N(OCC)OCC)n4)cc3S(=O)(=O)[O-])c(S(=O)(=O)[O-])c2)n1. The van der Waals surface area contributed by atoms with Crippen LogP contribution in [0.3, 0.4) is 0 Å². The molecule has 2 aromatic heterocycles. The van der Waals surface area contributed by atoms with E-state index in [1.54, 1.807) is 19.9 Å². The first-order valence-corrected chi connectivity index (χ1v) is 23.4. The molecule has 0 saturated carbocycles. The zero-order valence-electron chi connectivity index (χ0n) is 35.7. The van der Waals surface area contributed by atoms with Gasteiger partial charge in [0.25, 0.3) is 5.95 Å². The molecule has 2 heterocycles. The Hall–Kier alpha value is -6.42. The van der Waals surface area contributed by atoms with Crippen molar-refractivity contribution in [3.8, 4) is 0 Å². The van der Waals surface area contributed by atoms with Crippen molar-refractivity contribution in [3.05, 3.63) is 131 Å². The van der Waals surface area contributed by atoms with Crippen LogP contribution in [0.25, 0.3) is 12.2 Å². The molecule has 4 aromatic carbocycles. The second-order valence-electron chi connectivity index (χ2n) is 14.2. The first kappa shape index (κ1) is 47.1. The van der Waals surface area contributed by atoms with Gasteiger partial charge in [0.1, 0.15) is 31.9 Å². The number of benzene rings is 4. The van der Waals surface area contributed by atoms with E-state index in [4.69, 9.17) is 9.68 Å². The molecule has 0 aliphatic rings. The number of hydrogen-bond donors (Lipinski definition) is 2. The van der Waals surface area contributed by atoms with E-state index < -0.39 is 30.0 Å². The van der Waals surface area contributed by atoms with Crippen LogP contribution in [0.1, 0.15) is 74.4 Å². The van der Waals surface area contributed by atoms with Gasteiger partial charge in [-0.1, -0.05) is 98.0 Å². The molecule has 18 nitrogen and oxygen atoms in total. The van der Waals surface area contributed by atoms with E-state index in [0.29, 0.717) is 36.8 Å². The van der Waals surface area contributed by atoms with Crippen molar-refractivity contribution in [2.24, 2.45) is 0 Å². The molecule has 0 aliphatic carbocycles. The van der Waals surface area contributed by atoms with Crippen molar-refractivity contribution < 1.29 is 35.6 Å². The summed E-state index contributed by atoms with van der Waals surface area (Å²) in [5, 5.41) is 7.28. The van der Waals surface area contributed by atoms with Crippen LogP contribution < -0.4 is 20.8 Å². The van der Waals surface area contributed by atoms with Crippen molar-refractivity contribution in [2.75, 3.05) is 47.1 Å². The summed E-state index contributed by atoms with van der Waals surface area (Å²) >= 11 is 0. The van der Waals surface area contributed by atoms with E-state index in [-0.39, 0.29) is 60.1 Å². The van der Waals surface area contributed by atoms with Gasteiger partial charge in [0.15, 0.2) is 0 Å². The van der Waals surface area contributed by atoms with E-state index in [1.165, 1.54) is 36.4 Å². The zero-order chi connectivity index (χ0) is 45.7. The summed E-state index contributed by atoms with van der Waals surface area (Å²) in [5.74, 6) is 1.44. The molecule has 2 N–H and O–H groups in total. The summed E-state index contributed by atoms with van der Waals surface area (Å²) in [6.45, 7) is 9.50. The summed E-state index contributed by atoms with van der Waals surface area (Å²) in [6, 6.07) is 27.0. The van der Waals surface area contributed by atoms with Gasteiger partial charge >= 0.3 is 0 Å². The Morgan fingerprint density at radius 3 is 1.62 bits per heavy atom. The average Bonchev–Trinajstić information content (AvgIpc) is 3.26. The molecule has 0 fully saturated rings. The minimum absolute atomic E-state index is 0.00924. The number of aromatic nitrogens is 6. The molecule has 0 spiro atoms. The van der Waals surface area contributed by atoms with Crippen molar-refractivity contribution in [1.29, 1.82) is 0 Å². The van der Waals surface area contributed by atoms with Crippen molar-refractivity contribution in [2.45, 2.75) is 63.2 Å². The monoisotopic (exact) mass is 908 g/mol. The molecule has 0 unspecified atom stereocenters. The van der Waals surface area contributed by atoms with E-state index in [1.807, 2.05) is 79.4 Å². The van der Waals surface area contributed by atoms with Gasteiger partial charge in [-0.15, -0.1) is 0 Å². The molecule has 336 valence electrons. The molecule has 0 bridgehead atoms. The summed E-state index contributed by atoms with van der Waals surface area (Å²) < 4.78 is 76.0. The molecule has 64 heavy (non-hydrogen) atoms. The van der Waals surface area contributed by atoms with Crippen LogP contribution in [0, 0.1) is 0 Å². The summed E-state index contributed by atoms with van der Waals surface area (Å²) in [4.78, 5) is 39.4. The van der Waals surface area contributed by atoms with Crippen molar-refractivity contribution in [3.63, 3.8) is 0 Å². The third kappa shape index (κ3) is 13.1. The molecule has 0 saturated heterocycles. The fourth-order valence-electron chi connectivity index (χ4n) is 6.48. The summed E-state index contributed by atoms with van der Waals surface area (Å²) in [5.41, 5.74) is 2.12. The molecule has 0 aliphatic heterocycles. The zero-order valence-corrected chi connectivity index (χ0v) is 37.3. The first-order chi connectivity index (χ1) is 30.8. The molecular weight excluding hydrogens is 861 g/mol. The maximum atomic E-state index is 12.7. The van der Waals surface area contributed by atoms with Crippen LogP contribution in [-0.4, -0.2) is 82.1 Å². The van der Waals surface area contributed by atoms with Crippen LogP contribution in [-0.2, 0) is 42.8 Å². The highest BCUT2D eigenvalue weighted by Gasteiger charge is 2.19. The Morgan fingerprint density at radius 2 is 1.08 bits per heavy atom. The quantitative estimate of drug-likeness (QED) is 0.0394. The Balaban J connectivity index is 1.31. The van der Waals surface area contributed by atoms with Gasteiger partial charge in [0.05, 0.1) is 23.0 Å². The molecule has 0 atom stereocenters. The van der Waals surface area contributed by atoms with Gasteiger partial charge in [-0.3, -0.25) is 0 Å². The lowest BCUT2D eigenvalue weighted by molar-refractivity contribution is -0.0853. The Kier molecular flexibility index (Phi) is 16.0. The fraction of sp³-hybridized carbons (Fsp3) is 0.273. The highest BCUT2D eigenvalue weighted by atomic mass is 32.2. The highest BCUT2D eigenvalue weighted by molar-refractivity contribution is 7.86. The second-order valence-corrected chi connectivity index (χ2v) is 16.8. The van der Waals surface area contributed by atoms with E-state index in [9.17, 15) is 25.9 Å². The predicted octanol–water partition coefficient (Wildman–Crippen LogP) is 7.04. The highest BCUT2D eigenvalue weighted by Crippen LogP contribution is 2.28. The van der Waals surface area contributed by atoms with Gasteiger partial charge in [-0.2, -0.15) is 24.9 Å². The van der Waals surface area contributed by atoms with Gasteiger partial charge in [0, 0.05) is 37.3 Å². The number of hydrogen-bond acceptors (Lipinski definition) is 18. The number of para-hydroxylation sites is 1.